The van der Waals surface area contributed by atoms with Crippen LogP contribution in [0.25, 0.3) is 10.8 Å². The lowest BCUT2D eigenvalue weighted by atomic mass is 9.49. The van der Waals surface area contributed by atoms with Crippen LogP contribution in [0.15, 0.2) is 89.4 Å². The fraction of sp³-hybridized carbons (Fsp3) is 0.438. The molecule has 16 heteroatoms. The number of anilines is 2. The number of allylic oxidation sites excluding steroid dienone is 4. The highest BCUT2D eigenvalue weighted by molar-refractivity contribution is 6.31. The van der Waals surface area contributed by atoms with Gasteiger partial charge in [-0.3, -0.25) is 14.4 Å². The van der Waals surface area contributed by atoms with E-state index in [0.717, 1.165) is 31.6 Å². The molecule has 1 aromatic heterocycles. The maximum atomic E-state index is 14.4. The molecule has 0 bridgehead atoms. The van der Waals surface area contributed by atoms with Gasteiger partial charge in [-0.2, -0.15) is 23.5 Å². The molecule has 3 saturated heterocycles. The van der Waals surface area contributed by atoms with E-state index in [0.29, 0.717) is 76.5 Å². The topological polar surface area (TPSA) is 145 Å². The predicted octanol–water partition coefficient (Wildman–Crippen LogP) is 7.77. The van der Waals surface area contributed by atoms with Crippen molar-refractivity contribution in [1.29, 1.82) is 5.26 Å². The molecule has 3 aromatic carbocycles. The largest absolute Gasteiger partial charge is 0.489 e. The number of fused-ring (bicyclic) bond motifs is 1. The van der Waals surface area contributed by atoms with Crippen LogP contribution in [0.4, 0.5) is 24.5 Å². The third-order valence-corrected chi connectivity index (χ3v) is 13.7. The highest BCUT2D eigenvalue weighted by atomic mass is 35.5. The van der Waals surface area contributed by atoms with Crippen molar-refractivity contribution in [3.05, 3.63) is 117 Å². The first-order valence-corrected chi connectivity index (χ1v) is 22.1. The van der Waals surface area contributed by atoms with Gasteiger partial charge in [-0.15, -0.1) is 0 Å². The van der Waals surface area contributed by atoms with Crippen LogP contribution < -0.4 is 36.0 Å². The molecule has 3 N–H and O–H groups in total. The van der Waals surface area contributed by atoms with Crippen molar-refractivity contribution in [3.63, 3.8) is 0 Å². The average molecular weight is 897 g/mol. The number of piperidine rings is 2. The van der Waals surface area contributed by atoms with Gasteiger partial charge in [-0.25, -0.2) is 4.68 Å². The lowest BCUT2D eigenvalue weighted by Crippen LogP contribution is -2.74. The Bertz CT molecular complexity index is 2590. The Labute approximate surface area is 375 Å². The maximum Gasteiger partial charge on any atom is 0.435 e. The summed E-state index contributed by atoms with van der Waals surface area (Å²) < 4.78 is 50.2. The first-order valence-electron chi connectivity index (χ1n) is 21.8. The molecule has 3 aliphatic heterocycles. The number of hydrogen-bond acceptors (Lipinski definition) is 9. The average Bonchev–Trinajstić information content (AvgIpc) is 3.27. The van der Waals surface area contributed by atoms with E-state index in [2.05, 4.69) is 65.8 Å². The van der Waals surface area contributed by atoms with Crippen LogP contribution >= 0.6 is 11.6 Å². The fourth-order valence-corrected chi connectivity index (χ4v) is 10.4. The second-order valence-electron chi connectivity index (χ2n) is 18.4. The van der Waals surface area contributed by atoms with Gasteiger partial charge in [0.25, 0.3) is 11.5 Å². The van der Waals surface area contributed by atoms with Gasteiger partial charge >= 0.3 is 6.18 Å². The van der Waals surface area contributed by atoms with E-state index >= 15 is 0 Å². The van der Waals surface area contributed by atoms with Gasteiger partial charge in [0.2, 0.25) is 5.91 Å². The molecule has 4 aromatic rings. The van der Waals surface area contributed by atoms with E-state index in [9.17, 15) is 32.8 Å². The van der Waals surface area contributed by atoms with Crippen molar-refractivity contribution < 1.29 is 27.5 Å². The van der Waals surface area contributed by atoms with Crippen molar-refractivity contribution in [2.45, 2.75) is 77.7 Å². The predicted molar refractivity (Wildman–Crippen MR) is 241 cm³/mol. The van der Waals surface area contributed by atoms with Crippen LogP contribution in [0.2, 0.25) is 5.02 Å². The monoisotopic (exact) mass is 896 g/mol. The third-order valence-electron chi connectivity index (χ3n) is 13.4. The Morgan fingerprint density at radius 3 is 2.23 bits per heavy atom. The molecule has 1 atom stereocenters. The van der Waals surface area contributed by atoms with E-state index in [1.165, 1.54) is 12.1 Å². The number of amides is 2. The number of alkyl halides is 3. The highest BCUT2D eigenvalue weighted by Gasteiger charge is 2.64. The van der Waals surface area contributed by atoms with E-state index in [1.807, 2.05) is 41.3 Å². The molecule has 8 rings (SSSR count). The molecule has 4 fully saturated rings. The van der Waals surface area contributed by atoms with Crippen molar-refractivity contribution in [2.75, 3.05) is 49.1 Å². The van der Waals surface area contributed by atoms with E-state index in [4.69, 9.17) is 16.3 Å². The van der Waals surface area contributed by atoms with Crippen molar-refractivity contribution in [1.82, 2.24) is 25.7 Å². The second kappa shape index (κ2) is 17.6. The molecule has 0 radical (unpaired) electrons. The Balaban J connectivity index is 0.833. The van der Waals surface area contributed by atoms with E-state index in [-0.39, 0.29) is 46.1 Å². The molecule has 4 heterocycles. The quantitative estimate of drug-likeness (QED) is 0.154. The lowest BCUT2D eigenvalue weighted by molar-refractivity contribution is -0.164. The van der Waals surface area contributed by atoms with Gasteiger partial charge in [-0.05, 0) is 92.3 Å². The van der Waals surface area contributed by atoms with Gasteiger partial charge in [0, 0.05) is 90.2 Å². The summed E-state index contributed by atoms with van der Waals surface area (Å²) in [5, 5.41) is 22.2. The van der Waals surface area contributed by atoms with Crippen LogP contribution in [0.3, 0.4) is 0 Å². The number of carbonyl (C=O) groups is 2. The van der Waals surface area contributed by atoms with Crippen LogP contribution in [0, 0.1) is 28.1 Å². The number of hydrogen-bond donors (Lipinski definition) is 3. The molecule has 336 valence electrons. The molecule has 1 saturated carbocycles. The number of halogens is 4. The zero-order chi connectivity index (χ0) is 45.6. The lowest BCUT2D eigenvalue weighted by Gasteiger charge is -2.63. The summed E-state index contributed by atoms with van der Waals surface area (Å²) in [6, 6.07) is 17.8. The number of nitrogens with zero attached hydrogens (tertiary/aromatic N) is 5. The van der Waals surface area contributed by atoms with Gasteiger partial charge in [0.15, 0.2) is 5.69 Å². The Morgan fingerprint density at radius 1 is 0.922 bits per heavy atom. The Kier molecular flexibility index (Phi) is 12.3. The number of aromatic nitrogens is 2. The number of nitriles is 1. The zero-order valence-corrected chi connectivity index (χ0v) is 37.0. The normalized spacial score (nSPS) is 23.1. The number of ether oxygens (including phenoxy) is 1. The van der Waals surface area contributed by atoms with Crippen LogP contribution in [0.5, 0.6) is 5.75 Å². The Morgan fingerprint density at radius 2 is 1.59 bits per heavy atom. The minimum atomic E-state index is -4.84. The minimum Gasteiger partial charge on any atom is -0.489 e. The SMILES string of the molecule is CC1(C)C(NC(=O)c2ccc(N3CCC(/C=C/C=C4/CCC(n5nc(C(F)(F)F)c6cc(N7CCNCC7)ccc6c5=O)C(=O)N4)CC3)cc2)C(C)(C)C1Oc1ccc(C#N)c(Cl)c1. The summed E-state index contributed by atoms with van der Waals surface area (Å²) in [6.45, 7) is 12.6. The molecule has 4 aliphatic rings. The van der Waals surface area contributed by atoms with Gasteiger partial charge in [0.05, 0.1) is 16.0 Å². The van der Waals surface area contributed by atoms with E-state index in [1.54, 1.807) is 24.3 Å². The molecule has 1 aliphatic carbocycles. The molecule has 64 heavy (non-hydrogen) atoms. The summed E-state index contributed by atoms with van der Waals surface area (Å²) in [4.78, 5) is 44.6. The maximum absolute atomic E-state index is 14.4. The number of piperazine rings is 1. The van der Waals surface area contributed by atoms with Crippen molar-refractivity contribution in [2.24, 2.45) is 16.7 Å². The summed E-state index contributed by atoms with van der Waals surface area (Å²) in [5.74, 6) is 0.137. The summed E-state index contributed by atoms with van der Waals surface area (Å²) in [6.07, 6.45) is 3.05. The number of nitrogens with one attached hydrogen (secondary N) is 3. The molecule has 1 unspecified atom stereocenters. The summed E-state index contributed by atoms with van der Waals surface area (Å²) >= 11 is 6.24. The number of carbonyl (C=O) groups excluding carboxylic acids is 2. The zero-order valence-electron chi connectivity index (χ0n) is 36.3. The summed E-state index contributed by atoms with van der Waals surface area (Å²) in [5.41, 5.74) is 0.498. The standard InChI is InChI=1S/C48H52ClF3N8O4/c1-46(2)44(47(3,4)45(46)64-35-15-10-31(28-53)38(49)27-35)56-41(61)30-8-12-33(13-9-30)58-22-18-29(19-23-58)6-5-7-32-11-17-39(42(62)55-32)60-43(63)36-16-14-34(59-24-20-54-21-25-59)26-37(36)40(57-60)48(50,51)52/h5-10,12-16,26-27,29,39,44-45,54H,11,17-25H2,1-4H3,(H,55,62)(H,56,61)/b6-5+,32-7-. The molecular formula is C48H52ClF3N8O4. The molecule has 0 spiro atoms. The van der Waals surface area contributed by atoms with Crippen molar-refractivity contribution >= 4 is 45.6 Å². The van der Waals surface area contributed by atoms with Crippen LogP contribution in [-0.4, -0.2) is 73.0 Å². The first kappa shape index (κ1) is 44.7. The van der Waals surface area contributed by atoms with Crippen molar-refractivity contribution in [3.8, 4) is 11.8 Å². The Hall–Kier alpha value is -5.85. The molecule has 12 nitrogen and oxygen atoms in total. The second-order valence-corrected chi connectivity index (χ2v) is 18.8. The third kappa shape index (κ3) is 8.82. The number of benzene rings is 3. The van der Waals surface area contributed by atoms with Gasteiger partial charge in [-0.1, -0.05) is 51.4 Å². The minimum absolute atomic E-state index is 0.127. The van der Waals surface area contributed by atoms with Gasteiger partial charge in [0.1, 0.15) is 24.0 Å². The first-order chi connectivity index (χ1) is 30.4. The van der Waals surface area contributed by atoms with Crippen LogP contribution in [-0.2, 0) is 11.0 Å². The van der Waals surface area contributed by atoms with Crippen LogP contribution in [0.1, 0.15) is 81.0 Å². The van der Waals surface area contributed by atoms with E-state index < -0.39 is 29.4 Å². The van der Waals surface area contributed by atoms with Gasteiger partial charge < -0.3 is 30.5 Å². The smallest absolute Gasteiger partial charge is 0.435 e. The molecule has 2 amide bonds. The fourth-order valence-electron chi connectivity index (χ4n) is 10.2. The number of rotatable bonds is 9. The highest BCUT2D eigenvalue weighted by Crippen LogP contribution is 2.55. The molecular weight excluding hydrogens is 845 g/mol. The summed E-state index contributed by atoms with van der Waals surface area (Å²) in [7, 11) is 0.